The predicted molar refractivity (Wildman–Crippen MR) is 99.5 cm³/mol. The van der Waals surface area contributed by atoms with E-state index in [-0.39, 0.29) is 10.7 Å². The molecule has 9 heteroatoms. The number of halogens is 1. The molecule has 27 heavy (non-hydrogen) atoms. The maximum Gasteiger partial charge on any atom is 0.346 e. The van der Waals surface area contributed by atoms with E-state index in [4.69, 9.17) is 11.6 Å². The van der Waals surface area contributed by atoms with Crippen LogP contribution in [0, 0.1) is 10.1 Å². The van der Waals surface area contributed by atoms with Crippen LogP contribution in [0.25, 0.3) is 0 Å². The number of hydrogen-bond acceptors (Lipinski definition) is 5. The van der Waals surface area contributed by atoms with E-state index in [0.29, 0.717) is 17.5 Å². The Hall–Kier alpha value is -3.26. The van der Waals surface area contributed by atoms with Gasteiger partial charge >= 0.3 is 6.03 Å². The van der Waals surface area contributed by atoms with Crippen molar-refractivity contribution in [3.8, 4) is 0 Å². The molecule has 0 saturated carbocycles. The van der Waals surface area contributed by atoms with Crippen LogP contribution in [0.4, 0.5) is 10.5 Å². The molecule has 138 valence electrons. The molecule has 1 fully saturated rings. The van der Waals surface area contributed by atoms with Crippen molar-refractivity contribution >= 4 is 35.4 Å². The van der Waals surface area contributed by atoms with E-state index < -0.39 is 22.4 Å². The topological polar surface area (TPSA) is 105 Å². The summed E-state index contributed by atoms with van der Waals surface area (Å²) in [7, 11) is 0. The molecule has 0 spiro atoms. The average Bonchev–Trinajstić information content (AvgIpc) is 2.92. The van der Waals surface area contributed by atoms with Crippen LogP contribution in [0.3, 0.4) is 0 Å². The average molecular weight is 387 g/mol. The Morgan fingerprint density at radius 3 is 2.59 bits per heavy atom. The lowest BCUT2D eigenvalue weighted by molar-refractivity contribution is -0.384. The quantitative estimate of drug-likeness (QED) is 0.367. The summed E-state index contributed by atoms with van der Waals surface area (Å²) in [4.78, 5) is 35.6. The number of nitro groups is 1. The molecule has 1 aliphatic heterocycles. The highest BCUT2D eigenvalue weighted by atomic mass is 35.5. The van der Waals surface area contributed by atoms with Gasteiger partial charge < -0.3 is 5.32 Å². The van der Waals surface area contributed by atoms with Crippen LogP contribution in [-0.2, 0) is 10.3 Å². The molecule has 3 amide bonds. The number of hydrazone groups is 1. The zero-order valence-corrected chi connectivity index (χ0v) is 15.0. The highest BCUT2D eigenvalue weighted by Crippen LogP contribution is 2.32. The summed E-state index contributed by atoms with van der Waals surface area (Å²) in [6, 6.07) is 12.3. The molecule has 8 nitrogen and oxygen atoms in total. The van der Waals surface area contributed by atoms with Crippen molar-refractivity contribution in [1.29, 1.82) is 0 Å². The van der Waals surface area contributed by atoms with Crippen LogP contribution >= 0.6 is 11.6 Å². The van der Waals surface area contributed by atoms with Crippen molar-refractivity contribution in [1.82, 2.24) is 10.3 Å². The molecular weight excluding hydrogens is 372 g/mol. The van der Waals surface area contributed by atoms with Crippen LogP contribution in [-0.4, -0.2) is 28.1 Å². The van der Waals surface area contributed by atoms with Gasteiger partial charge in [-0.2, -0.15) is 5.10 Å². The molecule has 2 aromatic rings. The smallest absolute Gasteiger partial charge is 0.318 e. The van der Waals surface area contributed by atoms with Crippen molar-refractivity contribution in [2.45, 2.75) is 18.9 Å². The Bertz CT molecular complexity index is 948. The van der Waals surface area contributed by atoms with Crippen LogP contribution < -0.4 is 5.32 Å². The van der Waals surface area contributed by atoms with Gasteiger partial charge in [0.1, 0.15) is 10.6 Å². The summed E-state index contributed by atoms with van der Waals surface area (Å²) in [5.74, 6) is -0.513. The molecular formula is C18H15ClN4O4. The van der Waals surface area contributed by atoms with E-state index in [1.54, 1.807) is 31.2 Å². The number of carbonyl (C=O) groups excluding carboxylic acids is 2. The van der Waals surface area contributed by atoms with Crippen molar-refractivity contribution < 1.29 is 14.5 Å². The number of imide groups is 1. The lowest BCUT2D eigenvalue weighted by Crippen LogP contribution is -2.43. The van der Waals surface area contributed by atoms with E-state index >= 15 is 0 Å². The van der Waals surface area contributed by atoms with Gasteiger partial charge in [0.2, 0.25) is 0 Å². The second-order valence-electron chi connectivity index (χ2n) is 5.88. The van der Waals surface area contributed by atoms with Crippen LogP contribution in [0.1, 0.15) is 24.5 Å². The van der Waals surface area contributed by atoms with E-state index in [0.717, 1.165) is 5.01 Å². The molecule has 2 aromatic carbocycles. The van der Waals surface area contributed by atoms with E-state index in [1.807, 2.05) is 6.07 Å². The Labute approximate surface area is 159 Å². The molecule has 1 atom stereocenters. The Kier molecular flexibility index (Phi) is 4.91. The minimum Gasteiger partial charge on any atom is -0.318 e. The minimum atomic E-state index is -1.19. The SMILES string of the molecule is CC[C@]1(c2ccccc2)NC(=O)N(/N=C\c2ccc(Cl)c([N+](=O)[O-])c2)C1=O. The van der Waals surface area contributed by atoms with Gasteiger partial charge in [-0.05, 0) is 18.1 Å². The third-order valence-electron chi connectivity index (χ3n) is 4.36. The first-order valence-corrected chi connectivity index (χ1v) is 8.47. The van der Waals surface area contributed by atoms with Crippen molar-refractivity contribution in [3.05, 3.63) is 74.8 Å². The highest BCUT2D eigenvalue weighted by Gasteiger charge is 2.51. The molecule has 0 aliphatic carbocycles. The third-order valence-corrected chi connectivity index (χ3v) is 4.68. The van der Waals surface area contributed by atoms with E-state index in [2.05, 4.69) is 10.4 Å². The molecule has 0 radical (unpaired) electrons. The number of benzene rings is 2. The molecule has 1 aliphatic rings. The number of nitro benzene ring substituents is 1. The summed E-state index contributed by atoms with van der Waals surface area (Å²) in [5.41, 5.74) is -0.488. The number of amides is 3. The van der Waals surface area contributed by atoms with Crippen LogP contribution in [0.15, 0.2) is 53.6 Å². The zero-order valence-electron chi connectivity index (χ0n) is 14.3. The van der Waals surface area contributed by atoms with Gasteiger partial charge in [-0.25, -0.2) is 4.79 Å². The maximum absolute atomic E-state index is 12.9. The van der Waals surface area contributed by atoms with Crippen LogP contribution in [0.5, 0.6) is 0 Å². The second kappa shape index (κ2) is 7.16. The van der Waals surface area contributed by atoms with Gasteiger partial charge in [0, 0.05) is 11.6 Å². The first kappa shape index (κ1) is 18.5. The van der Waals surface area contributed by atoms with Gasteiger partial charge in [-0.3, -0.25) is 14.9 Å². The number of carbonyl (C=O) groups is 2. The first-order chi connectivity index (χ1) is 12.9. The van der Waals surface area contributed by atoms with Crippen molar-refractivity contribution in [2.24, 2.45) is 5.10 Å². The second-order valence-corrected chi connectivity index (χ2v) is 6.29. The summed E-state index contributed by atoms with van der Waals surface area (Å²) >= 11 is 5.77. The first-order valence-electron chi connectivity index (χ1n) is 8.09. The lowest BCUT2D eigenvalue weighted by Gasteiger charge is -2.24. The highest BCUT2D eigenvalue weighted by molar-refractivity contribution is 6.32. The number of nitrogens with zero attached hydrogens (tertiary/aromatic N) is 3. The predicted octanol–water partition coefficient (Wildman–Crippen LogP) is 3.44. The summed E-state index contributed by atoms with van der Waals surface area (Å²) in [5, 5.41) is 18.3. The fourth-order valence-electron chi connectivity index (χ4n) is 2.90. The van der Waals surface area contributed by atoms with Gasteiger partial charge in [-0.1, -0.05) is 54.9 Å². The Balaban J connectivity index is 1.91. The molecule has 0 aromatic heterocycles. The Morgan fingerprint density at radius 1 is 1.26 bits per heavy atom. The standard InChI is InChI=1S/C18H15ClN4O4/c1-2-18(13-6-4-3-5-7-13)16(24)22(17(25)21-18)20-11-12-8-9-14(19)15(10-12)23(26)27/h3-11H,2H2,1H3,(H,21,25)/b20-11-/t18-/m1/s1. The monoisotopic (exact) mass is 386 g/mol. The zero-order chi connectivity index (χ0) is 19.6. The molecule has 3 rings (SSSR count). The van der Waals surface area contributed by atoms with Crippen molar-refractivity contribution in [2.75, 3.05) is 0 Å². The molecule has 1 heterocycles. The van der Waals surface area contributed by atoms with E-state index in [1.165, 1.54) is 24.4 Å². The molecule has 0 unspecified atom stereocenters. The Morgan fingerprint density at radius 2 is 1.96 bits per heavy atom. The van der Waals surface area contributed by atoms with Crippen LogP contribution in [0.2, 0.25) is 5.02 Å². The van der Waals surface area contributed by atoms with Gasteiger partial charge in [0.05, 0.1) is 11.1 Å². The molecule has 1 N–H and O–H groups in total. The fourth-order valence-corrected chi connectivity index (χ4v) is 3.09. The maximum atomic E-state index is 12.9. The summed E-state index contributed by atoms with van der Waals surface area (Å²) < 4.78 is 0. The van der Waals surface area contributed by atoms with E-state index in [9.17, 15) is 19.7 Å². The third kappa shape index (κ3) is 3.26. The number of nitrogens with one attached hydrogen (secondary N) is 1. The molecule has 1 saturated heterocycles. The minimum absolute atomic E-state index is 0.0128. The normalized spacial score (nSPS) is 19.6. The lowest BCUT2D eigenvalue weighted by atomic mass is 9.87. The molecule has 0 bridgehead atoms. The fraction of sp³-hybridized carbons (Fsp3) is 0.167. The summed E-state index contributed by atoms with van der Waals surface area (Å²) in [6.07, 6.45) is 1.55. The van der Waals surface area contributed by atoms with Gasteiger partial charge in [0.25, 0.3) is 11.6 Å². The largest absolute Gasteiger partial charge is 0.346 e. The number of hydrogen-bond donors (Lipinski definition) is 1. The summed E-state index contributed by atoms with van der Waals surface area (Å²) in [6.45, 7) is 1.79. The van der Waals surface area contributed by atoms with Gasteiger partial charge in [-0.15, -0.1) is 5.01 Å². The number of urea groups is 1. The van der Waals surface area contributed by atoms with Gasteiger partial charge in [0.15, 0.2) is 0 Å². The number of rotatable bonds is 5. The van der Waals surface area contributed by atoms with Crippen molar-refractivity contribution in [3.63, 3.8) is 0 Å².